The summed E-state index contributed by atoms with van der Waals surface area (Å²) in [5, 5.41) is 6.11. The minimum atomic E-state index is -0.506. The van der Waals surface area contributed by atoms with E-state index < -0.39 is 5.82 Å². The number of ether oxygens (including phenoxy) is 1. The fraction of sp³-hybridized carbons (Fsp3) is 0.500. The molecular weight excluding hydrogens is 247 g/mol. The Labute approximate surface area is 112 Å². The van der Waals surface area contributed by atoms with Gasteiger partial charge in [0.1, 0.15) is 0 Å². The van der Waals surface area contributed by atoms with Crippen LogP contribution in [0.1, 0.15) is 30.1 Å². The Morgan fingerprint density at radius 2 is 2.42 bits per heavy atom. The van der Waals surface area contributed by atoms with E-state index in [4.69, 9.17) is 4.74 Å². The van der Waals surface area contributed by atoms with Crippen molar-refractivity contribution in [1.29, 1.82) is 0 Å². The number of carbonyl (C=O) groups excluding carboxylic acids is 1. The number of hydrogen-bond donors (Lipinski definition) is 2. The van der Waals surface area contributed by atoms with Crippen molar-refractivity contribution in [2.75, 3.05) is 19.7 Å². The normalized spacial score (nSPS) is 18.3. The van der Waals surface area contributed by atoms with Gasteiger partial charge in [-0.25, -0.2) is 4.39 Å². The fourth-order valence-corrected chi connectivity index (χ4v) is 2.22. The van der Waals surface area contributed by atoms with E-state index in [-0.39, 0.29) is 17.2 Å². The summed E-state index contributed by atoms with van der Waals surface area (Å²) in [5.74, 6) is -0.771. The van der Waals surface area contributed by atoms with Crippen LogP contribution in [0.25, 0.3) is 0 Å². The molecule has 0 bridgehead atoms. The minimum absolute atomic E-state index is 0.0295. The van der Waals surface area contributed by atoms with Gasteiger partial charge in [-0.1, -0.05) is 6.07 Å². The summed E-state index contributed by atoms with van der Waals surface area (Å²) in [4.78, 5) is 12.1. The quantitative estimate of drug-likeness (QED) is 0.853. The van der Waals surface area contributed by atoms with Crippen molar-refractivity contribution in [2.24, 2.45) is 0 Å². The summed E-state index contributed by atoms with van der Waals surface area (Å²) in [6.45, 7) is 3.63. The molecule has 1 amide bonds. The molecule has 0 spiro atoms. The topological polar surface area (TPSA) is 50.4 Å². The second kappa shape index (κ2) is 6.52. The molecule has 1 atom stereocenters. The van der Waals surface area contributed by atoms with Crippen molar-refractivity contribution < 1.29 is 13.9 Å². The molecule has 1 aliphatic heterocycles. The molecule has 1 aromatic carbocycles. The zero-order valence-corrected chi connectivity index (χ0v) is 11.0. The minimum Gasteiger partial charge on any atom is -0.490 e. The van der Waals surface area contributed by atoms with Gasteiger partial charge in [-0.05, 0) is 38.4 Å². The molecule has 0 aliphatic carbocycles. The van der Waals surface area contributed by atoms with Gasteiger partial charge in [0.25, 0.3) is 5.91 Å². The van der Waals surface area contributed by atoms with Gasteiger partial charge in [0, 0.05) is 12.6 Å². The molecule has 0 radical (unpaired) electrons. The van der Waals surface area contributed by atoms with Crippen LogP contribution in [0, 0.1) is 5.82 Å². The summed E-state index contributed by atoms with van der Waals surface area (Å²) >= 11 is 0. The van der Waals surface area contributed by atoms with Crippen LogP contribution in [0.5, 0.6) is 5.75 Å². The standard InChI is InChI=1S/C14H19FN2O2/c1-2-19-13-11(6-3-7-12(13)15)14(18)17-9-10-5-4-8-16-10/h3,6-7,10,16H,2,4-5,8-9H2,1H3,(H,17,18). The van der Waals surface area contributed by atoms with Crippen LogP contribution in [0.15, 0.2) is 18.2 Å². The maximum atomic E-state index is 13.6. The van der Waals surface area contributed by atoms with E-state index in [0.29, 0.717) is 19.2 Å². The maximum absolute atomic E-state index is 13.6. The van der Waals surface area contributed by atoms with Crippen molar-refractivity contribution in [3.63, 3.8) is 0 Å². The van der Waals surface area contributed by atoms with Gasteiger partial charge in [0.15, 0.2) is 11.6 Å². The number of amides is 1. The predicted molar refractivity (Wildman–Crippen MR) is 70.9 cm³/mol. The number of benzene rings is 1. The molecule has 104 valence electrons. The van der Waals surface area contributed by atoms with Gasteiger partial charge in [-0.2, -0.15) is 0 Å². The molecule has 4 nitrogen and oxygen atoms in total. The van der Waals surface area contributed by atoms with Crippen LogP contribution in [-0.2, 0) is 0 Å². The van der Waals surface area contributed by atoms with Gasteiger partial charge in [-0.3, -0.25) is 4.79 Å². The van der Waals surface area contributed by atoms with Gasteiger partial charge in [0.05, 0.1) is 12.2 Å². The first-order valence-corrected chi connectivity index (χ1v) is 6.65. The molecule has 2 N–H and O–H groups in total. The molecule has 5 heteroatoms. The first-order valence-electron chi connectivity index (χ1n) is 6.65. The summed E-state index contributed by atoms with van der Waals surface area (Å²) in [7, 11) is 0. The third-order valence-corrected chi connectivity index (χ3v) is 3.17. The largest absolute Gasteiger partial charge is 0.490 e. The number of rotatable bonds is 5. The Bertz CT molecular complexity index is 445. The van der Waals surface area contributed by atoms with E-state index in [1.807, 2.05) is 0 Å². The van der Waals surface area contributed by atoms with E-state index in [1.54, 1.807) is 13.0 Å². The highest BCUT2D eigenvalue weighted by atomic mass is 19.1. The van der Waals surface area contributed by atoms with Crippen LogP contribution in [0.4, 0.5) is 4.39 Å². The molecule has 1 saturated heterocycles. The molecule has 0 saturated carbocycles. The average molecular weight is 266 g/mol. The van der Waals surface area contributed by atoms with Gasteiger partial charge in [0.2, 0.25) is 0 Å². The van der Waals surface area contributed by atoms with Gasteiger partial charge < -0.3 is 15.4 Å². The molecule has 2 rings (SSSR count). The van der Waals surface area contributed by atoms with Crippen LogP contribution >= 0.6 is 0 Å². The third kappa shape index (κ3) is 3.44. The van der Waals surface area contributed by atoms with Crippen molar-refractivity contribution in [3.05, 3.63) is 29.6 Å². The molecule has 1 heterocycles. The fourth-order valence-electron chi connectivity index (χ4n) is 2.22. The predicted octanol–water partition coefficient (Wildman–Crippen LogP) is 1.71. The van der Waals surface area contributed by atoms with Crippen molar-refractivity contribution >= 4 is 5.91 Å². The second-order valence-corrected chi connectivity index (χ2v) is 4.55. The van der Waals surface area contributed by atoms with E-state index >= 15 is 0 Å². The van der Waals surface area contributed by atoms with Crippen LogP contribution in [-0.4, -0.2) is 31.6 Å². The SMILES string of the molecule is CCOc1c(F)cccc1C(=O)NCC1CCCN1. The number of nitrogens with one attached hydrogen (secondary N) is 2. The molecule has 19 heavy (non-hydrogen) atoms. The molecule has 0 aromatic heterocycles. The highest BCUT2D eigenvalue weighted by molar-refractivity contribution is 5.97. The summed E-state index contributed by atoms with van der Waals surface area (Å²) in [5.41, 5.74) is 0.250. The first-order chi connectivity index (χ1) is 9.22. The van der Waals surface area contributed by atoms with Crippen LogP contribution in [0.2, 0.25) is 0 Å². The van der Waals surface area contributed by atoms with E-state index in [2.05, 4.69) is 10.6 Å². The Morgan fingerprint density at radius 1 is 1.58 bits per heavy atom. The highest BCUT2D eigenvalue weighted by Crippen LogP contribution is 2.22. The van der Waals surface area contributed by atoms with Crippen LogP contribution < -0.4 is 15.4 Å². The lowest BCUT2D eigenvalue weighted by molar-refractivity contribution is 0.0945. The van der Waals surface area contributed by atoms with Crippen LogP contribution in [0.3, 0.4) is 0 Å². The lowest BCUT2D eigenvalue weighted by atomic mass is 10.1. The van der Waals surface area contributed by atoms with E-state index in [0.717, 1.165) is 19.4 Å². The molecule has 1 aromatic rings. The van der Waals surface area contributed by atoms with Crippen molar-refractivity contribution in [1.82, 2.24) is 10.6 Å². The Hall–Kier alpha value is -1.62. The number of carbonyl (C=O) groups is 1. The van der Waals surface area contributed by atoms with E-state index in [9.17, 15) is 9.18 Å². The zero-order valence-electron chi connectivity index (χ0n) is 11.0. The Morgan fingerprint density at radius 3 is 3.11 bits per heavy atom. The monoisotopic (exact) mass is 266 g/mol. The molecule has 1 aliphatic rings. The Balaban J connectivity index is 2.03. The second-order valence-electron chi connectivity index (χ2n) is 4.55. The summed E-state index contributed by atoms with van der Waals surface area (Å²) < 4.78 is 18.8. The highest BCUT2D eigenvalue weighted by Gasteiger charge is 2.19. The lowest BCUT2D eigenvalue weighted by Gasteiger charge is -2.14. The number of halogens is 1. The van der Waals surface area contributed by atoms with E-state index in [1.165, 1.54) is 12.1 Å². The number of para-hydroxylation sites is 1. The lowest BCUT2D eigenvalue weighted by Crippen LogP contribution is -2.37. The average Bonchev–Trinajstić information content (AvgIpc) is 2.92. The first kappa shape index (κ1) is 13.8. The zero-order chi connectivity index (χ0) is 13.7. The molecule has 1 fully saturated rings. The van der Waals surface area contributed by atoms with Crippen molar-refractivity contribution in [3.8, 4) is 5.75 Å². The van der Waals surface area contributed by atoms with Gasteiger partial charge in [-0.15, -0.1) is 0 Å². The third-order valence-electron chi connectivity index (χ3n) is 3.17. The smallest absolute Gasteiger partial charge is 0.255 e. The molecular formula is C14H19FN2O2. The van der Waals surface area contributed by atoms with Crippen molar-refractivity contribution in [2.45, 2.75) is 25.8 Å². The Kier molecular flexibility index (Phi) is 4.74. The number of hydrogen-bond acceptors (Lipinski definition) is 3. The summed E-state index contributed by atoms with van der Waals surface area (Å²) in [6.07, 6.45) is 2.19. The molecule has 1 unspecified atom stereocenters. The summed E-state index contributed by atoms with van der Waals surface area (Å²) in [6, 6.07) is 4.69. The maximum Gasteiger partial charge on any atom is 0.255 e. The van der Waals surface area contributed by atoms with Gasteiger partial charge >= 0.3 is 0 Å².